The molecule has 70 valence electrons. The largest absolute Gasteiger partial charge is 0.378 e. The highest BCUT2D eigenvalue weighted by Crippen LogP contribution is 2.12. The molecule has 0 saturated carbocycles. The molecule has 3 N–H and O–H groups in total. The standard InChI is InChI=1S/C10H13NO2/c1-7-3-2-4-8(6-5-7)9(12)10(11)13/h2-7,9,12H,1H3,(H2,11,13). The zero-order valence-electron chi connectivity index (χ0n) is 7.47. The Labute approximate surface area is 77.2 Å². The molecule has 1 rings (SSSR count). The second-order valence-electron chi connectivity index (χ2n) is 3.07. The number of carbonyl (C=O) groups is 1. The summed E-state index contributed by atoms with van der Waals surface area (Å²) in [7, 11) is 0. The van der Waals surface area contributed by atoms with Crippen LogP contribution < -0.4 is 5.73 Å². The Hall–Kier alpha value is -1.35. The van der Waals surface area contributed by atoms with Crippen molar-refractivity contribution in [1.82, 2.24) is 0 Å². The number of aliphatic hydroxyl groups is 1. The summed E-state index contributed by atoms with van der Waals surface area (Å²) < 4.78 is 0. The van der Waals surface area contributed by atoms with Crippen molar-refractivity contribution < 1.29 is 9.90 Å². The zero-order chi connectivity index (χ0) is 9.84. The van der Waals surface area contributed by atoms with Gasteiger partial charge in [-0.2, -0.15) is 0 Å². The van der Waals surface area contributed by atoms with Crippen LogP contribution in [0.1, 0.15) is 6.92 Å². The fraction of sp³-hybridized carbons (Fsp3) is 0.300. The van der Waals surface area contributed by atoms with Gasteiger partial charge in [-0.25, -0.2) is 0 Å². The van der Waals surface area contributed by atoms with Crippen LogP contribution in [0.2, 0.25) is 0 Å². The van der Waals surface area contributed by atoms with Crippen LogP contribution in [-0.2, 0) is 4.79 Å². The molecule has 0 aromatic heterocycles. The molecule has 1 aliphatic carbocycles. The van der Waals surface area contributed by atoms with E-state index in [0.717, 1.165) is 0 Å². The van der Waals surface area contributed by atoms with Crippen LogP contribution in [0.25, 0.3) is 0 Å². The third-order valence-corrected chi connectivity index (χ3v) is 1.88. The lowest BCUT2D eigenvalue weighted by Gasteiger charge is -2.05. The van der Waals surface area contributed by atoms with E-state index in [-0.39, 0.29) is 0 Å². The van der Waals surface area contributed by atoms with Gasteiger partial charge in [-0.05, 0) is 11.5 Å². The van der Waals surface area contributed by atoms with E-state index in [1.807, 2.05) is 25.2 Å². The molecule has 0 radical (unpaired) electrons. The molecule has 2 unspecified atom stereocenters. The number of primary amides is 1. The molecule has 0 aromatic rings. The van der Waals surface area contributed by atoms with E-state index in [4.69, 9.17) is 5.73 Å². The maximum Gasteiger partial charge on any atom is 0.250 e. The topological polar surface area (TPSA) is 63.3 Å². The minimum atomic E-state index is -1.20. The number of rotatable bonds is 2. The van der Waals surface area contributed by atoms with Crippen molar-refractivity contribution in [3.05, 3.63) is 36.0 Å². The van der Waals surface area contributed by atoms with Crippen molar-refractivity contribution in [1.29, 1.82) is 0 Å². The van der Waals surface area contributed by atoms with Gasteiger partial charge in [0.2, 0.25) is 0 Å². The lowest BCUT2D eigenvalue weighted by atomic mass is 10.1. The second-order valence-corrected chi connectivity index (χ2v) is 3.07. The van der Waals surface area contributed by atoms with Crippen LogP contribution in [-0.4, -0.2) is 17.1 Å². The van der Waals surface area contributed by atoms with Gasteiger partial charge < -0.3 is 10.8 Å². The molecule has 0 bridgehead atoms. The molecule has 0 aliphatic heterocycles. The van der Waals surface area contributed by atoms with Gasteiger partial charge in [0.15, 0.2) is 6.10 Å². The van der Waals surface area contributed by atoms with Gasteiger partial charge in [-0.15, -0.1) is 0 Å². The number of carbonyl (C=O) groups excluding carboxylic acids is 1. The number of aliphatic hydroxyl groups excluding tert-OH is 1. The van der Waals surface area contributed by atoms with E-state index >= 15 is 0 Å². The smallest absolute Gasteiger partial charge is 0.250 e. The van der Waals surface area contributed by atoms with E-state index in [2.05, 4.69) is 0 Å². The quantitative estimate of drug-likeness (QED) is 0.649. The van der Waals surface area contributed by atoms with Crippen molar-refractivity contribution in [2.24, 2.45) is 11.7 Å². The SMILES string of the molecule is CC1C=CC=C(C(O)C(N)=O)C=C1. The van der Waals surface area contributed by atoms with Crippen LogP contribution in [0.4, 0.5) is 0 Å². The first-order chi connectivity index (χ1) is 6.11. The normalized spacial score (nSPS) is 23.5. The van der Waals surface area contributed by atoms with Gasteiger partial charge in [-0.1, -0.05) is 37.3 Å². The molecule has 3 heteroatoms. The molecule has 1 amide bonds. The van der Waals surface area contributed by atoms with E-state index < -0.39 is 12.0 Å². The molecule has 3 nitrogen and oxygen atoms in total. The number of hydrogen-bond acceptors (Lipinski definition) is 2. The van der Waals surface area contributed by atoms with Crippen molar-refractivity contribution in [3.63, 3.8) is 0 Å². The lowest BCUT2D eigenvalue weighted by Crippen LogP contribution is -2.29. The molecule has 13 heavy (non-hydrogen) atoms. The Morgan fingerprint density at radius 2 is 2.31 bits per heavy atom. The van der Waals surface area contributed by atoms with Crippen molar-refractivity contribution >= 4 is 5.91 Å². The van der Waals surface area contributed by atoms with E-state index in [1.165, 1.54) is 0 Å². The number of hydrogen-bond donors (Lipinski definition) is 2. The highest BCUT2D eigenvalue weighted by molar-refractivity contribution is 5.82. The Bertz CT molecular complexity index is 289. The molecule has 0 fully saturated rings. The molecule has 0 heterocycles. The number of allylic oxidation sites excluding steroid dienone is 4. The molecule has 2 atom stereocenters. The van der Waals surface area contributed by atoms with Gasteiger partial charge in [0.1, 0.15) is 0 Å². The lowest BCUT2D eigenvalue weighted by molar-refractivity contribution is -0.124. The summed E-state index contributed by atoms with van der Waals surface area (Å²) in [5.41, 5.74) is 5.50. The fourth-order valence-electron chi connectivity index (χ4n) is 1.07. The molecule has 1 aliphatic rings. The zero-order valence-corrected chi connectivity index (χ0v) is 7.47. The van der Waals surface area contributed by atoms with Gasteiger partial charge >= 0.3 is 0 Å². The van der Waals surface area contributed by atoms with Crippen LogP contribution in [0.5, 0.6) is 0 Å². The van der Waals surface area contributed by atoms with Crippen LogP contribution in [0.3, 0.4) is 0 Å². The van der Waals surface area contributed by atoms with Gasteiger partial charge in [-0.3, -0.25) is 4.79 Å². The molecular formula is C10H13NO2. The third kappa shape index (κ3) is 2.56. The average molecular weight is 179 g/mol. The summed E-state index contributed by atoms with van der Waals surface area (Å²) in [6.45, 7) is 2.01. The summed E-state index contributed by atoms with van der Waals surface area (Å²) in [4.78, 5) is 10.7. The summed E-state index contributed by atoms with van der Waals surface area (Å²) >= 11 is 0. The predicted molar refractivity (Wildman–Crippen MR) is 50.7 cm³/mol. The van der Waals surface area contributed by atoms with Crippen molar-refractivity contribution in [3.8, 4) is 0 Å². The highest BCUT2D eigenvalue weighted by atomic mass is 16.3. The number of amides is 1. The molecule has 0 aromatic carbocycles. The second kappa shape index (κ2) is 4.05. The van der Waals surface area contributed by atoms with E-state index in [1.54, 1.807) is 12.2 Å². The van der Waals surface area contributed by atoms with Gasteiger partial charge in [0, 0.05) is 0 Å². The van der Waals surface area contributed by atoms with E-state index in [0.29, 0.717) is 11.5 Å². The van der Waals surface area contributed by atoms with Gasteiger partial charge in [0.05, 0.1) is 0 Å². The van der Waals surface area contributed by atoms with Crippen molar-refractivity contribution in [2.45, 2.75) is 13.0 Å². The molecular weight excluding hydrogens is 166 g/mol. The van der Waals surface area contributed by atoms with Gasteiger partial charge in [0.25, 0.3) is 5.91 Å². The third-order valence-electron chi connectivity index (χ3n) is 1.88. The number of nitrogens with two attached hydrogens (primary N) is 1. The molecule has 0 saturated heterocycles. The maximum absolute atomic E-state index is 10.7. The fourth-order valence-corrected chi connectivity index (χ4v) is 1.07. The summed E-state index contributed by atoms with van der Waals surface area (Å²) in [5, 5.41) is 9.33. The first kappa shape index (κ1) is 9.74. The summed E-state index contributed by atoms with van der Waals surface area (Å²) in [6.07, 6.45) is 7.90. The van der Waals surface area contributed by atoms with Crippen molar-refractivity contribution in [2.75, 3.05) is 0 Å². The average Bonchev–Trinajstić information content (AvgIpc) is 2.28. The minimum absolute atomic E-state index is 0.314. The Balaban J connectivity index is 2.82. The summed E-state index contributed by atoms with van der Waals surface area (Å²) in [6, 6.07) is 0. The van der Waals surface area contributed by atoms with Crippen LogP contribution in [0.15, 0.2) is 36.0 Å². The first-order valence-corrected chi connectivity index (χ1v) is 4.15. The summed E-state index contributed by atoms with van der Waals surface area (Å²) in [5.74, 6) is -0.410. The van der Waals surface area contributed by atoms with Crippen LogP contribution >= 0.6 is 0 Å². The maximum atomic E-state index is 10.7. The Morgan fingerprint density at radius 1 is 1.62 bits per heavy atom. The Kier molecular flexibility index (Phi) is 3.03. The van der Waals surface area contributed by atoms with Crippen LogP contribution in [0, 0.1) is 5.92 Å². The minimum Gasteiger partial charge on any atom is -0.378 e. The van der Waals surface area contributed by atoms with E-state index in [9.17, 15) is 9.90 Å². The molecule has 0 spiro atoms. The monoisotopic (exact) mass is 179 g/mol. The highest BCUT2D eigenvalue weighted by Gasteiger charge is 2.14. The first-order valence-electron chi connectivity index (χ1n) is 4.15. The Morgan fingerprint density at radius 3 is 2.92 bits per heavy atom. The predicted octanol–water partition coefficient (Wildman–Crippen LogP) is 0.521.